The Kier molecular flexibility index (Phi) is 7.52. The van der Waals surface area contributed by atoms with E-state index in [1.807, 2.05) is 12.1 Å². The molecule has 2 atom stereocenters. The monoisotopic (exact) mass is 473 g/mol. The normalized spacial score (nSPS) is 22.2. The Morgan fingerprint density at radius 2 is 1.80 bits per heavy atom. The molecule has 0 bridgehead atoms. The van der Waals surface area contributed by atoms with Crippen molar-refractivity contribution in [2.45, 2.75) is 70.6 Å². The molecule has 1 aromatic heterocycles. The van der Waals surface area contributed by atoms with E-state index in [1.54, 1.807) is 0 Å². The molecule has 2 saturated carbocycles. The molecule has 2 aliphatic rings. The molecule has 3 N–H and O–H groups in total. The minimum absolute atomic E-state index is 0.0577. The van der Waals surface area contributed by atoms with Gasteiger partial charge in [0.25, 0.3) is 0 Å². The van der Waals surface area contributed by atoms with Crippen LogP contribution in [0.2, 0.25) is 0 Å². The van der Waals surface area contributed by atoms with E-state index >= 15 is 0 Å². The minimum atomic E-state index is -0.0577. The first-order valence-corrected chi connectivity index (χ1v) is 13.5. The molecule has 2 unspecified atom stereocenters. The molecule has 2 aromatic carbocycles. The zero-order chi connectivity index (χ0) is 24.1. The van der Waals surface area contributed by atoms with Crippen molar-refractivity contribution in [2.75, 3.05) is 13.1 Å². The fraction of sp³-hybridized carbons (Fsp3) is 0.533. The summed E-state index contributed by atoms with van der Waals surface area (Å²) in [6, 6.07) is 16.6. The van der Waals surface area contributed by atoms with Crippen LogP contribution in [-0.4, -0.2) is 24.0 Å². The van der Waals surface area contributed by atoms with Crippen LogP contribution in [0.5, 0.6) is 0 Å². The number of carbonyl (C=O) groups excluding carboxylic acids is 1. The van der Waals surface area contributed by atoms with Crippen molar-refractivity contribution >= 4 is 17.0 Å². The molecule has 3 aromatic rings. The lowest BCUT2D eigenvalue weighted by Gasteiger charge is -2.36. The van der Waals surface area contributed by atoms with Crippen LogP contribution in [0.25, 0.3) is 22.2 Å². The van der Waals surface area contributed by atoms with E-state index < -0.39 is 0 Å². The number of oxazole rings is 1. The number of amides is 1. The van der Waals surface area contributed by atoms with Gasteiger partial charge >= 0.3 is 0 Å². The summed E-state index contributed by atoms with van der Waals surface area (Å²) in [6.07, 6.45) is 11.8. The number of hydrogen-bond acceptors (Lipinski definition) is 4. The Balaban J connectivity index is 1.26. The van der Waals surface area contributed by atoms with Gasteiger partial charge in [0.05, 0.1) is 0 Å². The molecule has 5 heteroatoms. The van der Waals surface area contributed by atoms with E-state index in [-0.39, 0.29) is 11.3 Å². The quantitative estimate of drug-likeness (QED) is 0.405. The number of hydrogen-bond donors (Lipinski definition) is 2. The molecule has 5 nitrogen and oxygen atoms in total. The molecule has 0 saturated heterocycles. The van der Waals surface area contributed by atoms with Crippen molar-refractivity contribution in [2.24, 2.45) is 23.0 Å². The molecule has 186 valence electrons. The van der Waals surface area contributed by atoms with Crippen LogP contribution >= 0.6 is 0 Å². The van der Waals surface area contributed by atoms with Gasteiger partial charge in [-0.1, -0.05) is 62.1 Å². The summed E-state index contributed by atoms with van der Waals surface area (Å²) >= 11 is 0. The lowest BCUT2D eigenvalue weighted by atomic mass is 9.69. The molecule has 0 aliphatic heterocycles. The van der Waals surface area contributed by atoms with E-state index in [4.69, 9.17) is 15.1 Å². The Labute approximate surface area is 208 Å². The van der Waals surface area contributed by atoms with Crippen LogP contribution in [0.4, 0.5) is 0 Å². The first-order chi connectivity index (χ1) is 17.1. The molecular formula is C30H39N3O2. The van der Waals surface area contributed by atoms with E-state index in [0.717, 1.165) is 61.3 Å². The molecule has 35 heavy (non-hydrogen) atoms. The van der Waals surface area contributed by atoms with Crippen molar-refractivity contribution in [3.63, 3.8) is 0 Å². The topological polar surface area (TPSA) is 81.1 Å². The first-order valence-electron chi connectivity index (χ1n) is 13.5. The number of fused-ring (bicyclic) bond motifs is 1. The third-order valence-electron chi connectivity index (χ3n) is 8.33. The van der Waals surface area contributed by atoms with Gasteiger partial charge in [-0.25, -0.2) is 4.98 Å². The number of carbonyl (C=O) groups is 1. The highest BCUT2D eigenvalue weighted by Crippen LogP contribution is 2.42. The summed E-state index contributed by atoms with van der Waals surface area (Å²) < 4.78 is 6.19. The van der Waals surface area contributed by atoms with Crippen molar-refractivity contribution in [3.8, 4) is 11.1 Å². The summed E-state index contributed by atoms with van der Waals surface area (Å²) in [5.74, 6) is 2.14. The van der Waals surface area contributed by atoms with Crippen molar-refractivity contribution in [1.82, 2.24) is 10.3 Å². The summed E-state index contributed by atoms with van der Waals surface area (Å²) in [5.41, 5.74) is 9.87. The summed E-state index contributed by atoms with van der Waals surface area (Å²) in [5, 5.41) is 3.28. The van der Waals surface area contributed by atoms with Gasteiger partial charge in [0.1, 0.15) is 5.52 Å². The Morgan fingerprint density at radius 3 is 2.60 bits per heavy atom. The second kappa shape index (κ2) is 10.9. The third-order valence-corrected chi connectivity index (χ3v) is 8.33. The van der Waals surface area contributed by atoms with Gasteiger partial charge in [0.2, 0.25) is 5.91 Å². The van der Waals surface area contributed by atoms with Crippen molar-refractivity contribution < 1.29 is 9.21 Å². The lowest BCUT2D eigenvalue weighted by Crippen LogP contribution is -2.38. The predicted molar refractivity (Wildman–Crippen MR) is 141 cm³/mol. The Hall–Kier alpha value is -2.66. The van der Waals surface area contributed by atoms with Crippen molar-refractivity contribution in [3.05, 3.63) is 54.4 Å². The second-order valence-electron chi connectivity index (χ2n) is 11.0. The van der Waals surface area contributed by atoms with Crippen LogP contribution in [0.3, 0.4) is 0 Å². The average molecular weight is 474 g/mol. The van der Waals surface area contributed by atoms with E-state index in [1.165, 1.54) is 44.1 Å². The standard InChI is InChI=1S/C30H39N3O2/c31-20-22-8-7-9-23(16-22)21-32-28(34)18-30(14-5-2-6-15-30)19-29-33-26-17-25(12-13-27(26)35-29)24-10-3-1-4-11-24/h1,3-4,10-13,17,22-23H,2,5-9,14-16,18-21,31H2,(H,32,34). The first kappa shape index (κ1) is 24.1. The molecule has 2 fully saturated rings. The summed E-state index contributed by atoms with van der Waals surface area (Å²) in [4.78, 5) is 18.0. The van der Waals surface area contributed by atoms with Gasteiger partial charge in [0.15, 0.2) is 11.5 Å². The molecule has 1 heterocycles. The number of rotatable bonds is 8. The van der Waals surface area contributed by atoms with Gasteiger partial charge in [-0.15, -0.1) is 0 Å². The van der Waals surface area contributed by atoms with Crippen LogP contribution < -0.4 is 11.1 Å². The maximum atomic E-state index is 13.1. The minimum Gasteiger partial charge on any atom is -0.441 e. The smallest absolute Gasteiger partial charge is 0.220 e. The largest absolute Gasteiger partial charge is 0.441 e. The fourth-order valence-electron chi connectivity index (χ4n) is 6.36. The van der Waals surface area contributed by atoms with Crippen LogP contribution in [-0.2, 0) is 11.2 Å². The maximum absolute atomic E-state index is 13.1. The molecule has 1 amide bonds. The molecule has 0 radical (unpaired) electrons. The van der Waals surface area contributed by atoms with Gasteiger partial charge in [-0.05, 0) is 79.2 Å². The summed E-state index contributed by atoms with van der Waals surface area (Å²) in [6.45, 7) is 1.56. The van der Waals surface area contributed by atoms with Gasteiger partial charge < -0.3 is 15.5 Å². The second-order valence-corrected chi connectivity index (χ2v) is 11.0. The molecule has 5 rings (SSSR count). The van der Waals surface area contributed by atoms with E-state index in [9.17, 15) is 4.79 Å². The Morgan fingerprint density at radius 1 is 1.00 bits per heavy atom. The number of nitrogens with zero attached hydrogens (tertiary/aromatic N) is 1. The van der Waals surface area contributed by atoms with Gasteiger partial charge in [0, 0.05) is 19.4 Å². The molecule has 0 spiro atoms. The lowest BCUT2D eigenvalue weighted by molar-refractivity contribution is -0.124. The van der Waals surface area contributed by atoms with Crippen LogP contribution in [0.15, 0.2) is 52.9 Å². The number of nitrogens with two attached hydrogens (primary N) is 1. The van der Waals surface area contributed by atoms with E-state index in [0.29, 0.717) is 18.3 Å². The zero-order valence-corrected chi connectivity index (χ0v) is 20.8. The number of benzene rings is 2. The maximum Gasteiger partial charge on any atom is 0.220 e. The summed E-state index contributed by atoms with van der Waals surface area (Å²) in [7, 11) is 0. The highest BCUT2D eigenvalue weighted by molar-refractivity contribution is 5.80. The SMILES string of the molecule is NCC1CCCC(CNC(=O)CC2(Cc3nc4cc(-c5ccccc5)ccc4o3)CCCCC2)C1. The highest BCUT2D eigenvalue weighted by atomic mass is 16.3. The zero-order valence-electron chi connectivity index (χ0n) is 20.8. The predicted octanol–water partition coefficient (Wildman–Crippen LogP) is 6.26. The van der Waals surface area contributed by atoms with Crippen LogP contribution in [0, 0.1) is 17.3 Å². The third kappa shape index (κ3) is 5.95. The van der Waals surface area contributed by atoms with Gasteiger partial charge in [-0.3, -0.25) is 4.79 Å². The van der Waals surface area contributed by atoms with E-state index in [2.05, 4.69) is 41.7 Å². The van der Waals surface area contributed by atoms with Gasteiger partial charge in [-0.2, -0.15) is 0 Å². The average Bonchev–Trinajstić information content (AvgIpc) is 3.29. The van der Waals surface area contributed by atoms with Crippen LogP contribution in [0.1, 0.15) is 70.1 Å². The number of aromatic nitrogens is 1. The molecular weight excluding hydrogens is 434 g/mol. The highest BCUT2D eigenvalue weighted by Gasteiger charge is 2.36. The van der Waals surface area contributed by atoms with Crippen molar-refractivity contribution in [1.29, 1.82) is 0 Å². The number of nitrogens with one attached hydrogen (secondary N) is 1. The molecule has 2 aliphatic carbocycles. The fourth-order valence-corrected chi connectivity index (χ4v) is 6.36. The Bertz CT molecular complexity index is 1120.